The van der Waals surface area contributed by atoms with Crippen LogP contribution in [-0.2, 0) is 4.79 Å². The van der Waals surface area contributed by atoms with E-state index in [0.717, 1.165) is 18.8 Å². The number of nitrogens with two attached hydrogens (primary N) is 1. The number of carbonyl (C=O) groups excluding carboxylic acids is 1. The van der Waals surface area contributed by atoms with Crippen LogP contribution < -0.4 is 11.1 Å². The highest BCUT2D eigenvalue weighted by Gasteiger charge is 2.23. The summed E-state index contributed by atoms with van der Waals surface area (Å²) in [5.41, 5.74) is 6.07. The standard InChI is InChI=1S/C16H24FN3O/c1-11-4-3-5-13(8-11)20(2)10-16(21)19-12-6-7-14(17)15(18)9-12/h6-7,9,11,13H,3-5,8,10,18H2,1-2H3,(H,19,21). The maximum atomic E-state index is 13.1. The van der Waals surface area contributed by atoms with Crippen molar-refractivity contribution >= 4 is 17.3 Å². The van der Waals surface area contributed by atoms with Gasteiger partial charge in [0, 0.05) is 11.7 Å². The summed E-state index contributed by atoms with van der Waals surface area (Å²) >= 11 is 0. The summed E-state index contributed by atoms with van der Waals surface area (Å²) in [6.07, 6.45) is 4.81. The number of amides is 1. The van der Waals surface area contributed by atoms with Crippen LogP contribution in [0.4, 0.5) is 15.8 Å². The molecule has 5 heteroatoms. The molecule has 116 valence electrons. The van der Waals surface area contributed by atoms with Gasteiger partial charge in [0.2, 0.25) is 5.91 Å². The van der Waals surface area contributed by atoms with Crippen LogP contribution >= 0.6 is 0 Å². The number of hydrogen-bond donors (Lipinski definition) is 2. The van der Waals surface area contributed by atoms with Crippen molar-refractivity contribution in [3.63, 3.8) is 0 Å². The molecule has 21 heavy (non-hydrogen) atoms. The zero-order valence-electron chi connectivity index (χ0n) is 12.7. The van der Waals surface area contributed by atoms with Gasteiger partial charge in [0.25, 0.3) is 0 Å². The van der Waals surface area contributed by atoms with Crippen LogP contribution in [0.25, 0.3) is 0 Å². The molecule has 4 nitrogen and oxygen atoms in total. The number of anilines is 2. The lowest BCUT2D eigenvalue weighted by Crippen LogP contribution is -2.40. The van der Waals surface area contributed by atoms with Gasteiger partial charge in [-0.3, -0.25) is 9.69 Å². The fourth-order valence-corrected chi connectivity index (χ4v) is 2.98. The van der Waals surface area contributed by atoms with Gasteiger partial charge in [0.1, 0.15) is 5.82 Å². The largest absolute Gasteiger partial charge is 0.396 e. The Balaban J connectivity index is 1.87. The lowest BCUT2D eigenvalue weighted by Gasteiger charge is -2.33. The molecule has 0 aromatic heterocycles. The van der Waals surface area contributed by atoms with Crippen LogP contribution in [-0.4, -0.2) is 30.4 Å². The summed E-state index contributed by atoms with van der Waals surface area (Å²) in [7, 11) is 1.99. The van der Waals surface area contributed by atoms with Crippen molar-refractivity contribution in [3.8, 4) is 0 Å². The summed E-state index contributed by atoms with van der Waals surface area (Å²) in [5, 5.41) is 2.76. The second-order valence-electron chi connectivity index (χ2n) is 6.13. The van der Waals surface area contributed by atoms with Crippen molar-refractivity contribution in [2.45, 2.75) is 38.6 Å². The molecule has 0 bridgehead atoms. The van der Waals surface area contributed by atoms with E-state index >= 15 is 0 Å². The molecule has 1 saturated carbocycles. The van der Waals surface area contributed by atoms with E-state index in [-0.39, 0.29) is 11.6 Å². The Bertz CT molecular complexity index is 506. The third-order valence-electron chi connectivity index (χ3n) is 4.20. The Hall–Kier alpha value is -1.62. The molecule has 1 amide bonds. The quantitative estimate of drug-likeness (QED) is 0.839. The van der Waals surface area contributed by atoms with Crippen molar-refractivity contribution < 1.29 is 9.18 Å². The highest BCUT2D eigenvalue weighted by molar-refractivity contribution is 5.92. The number of halogens is 1. The third-order valence-corrected chi connectivity index (χ3v) is 4.20. The zero-order valence-corrected chi connectivity index (χ0v) is 12.7. The minimum Gasteiger partial charge on any atom is -0.396 e. The molecule has 2 rings (SSSR count). The molecule has 1 aliphatic rings. The number of hydrogen-bond acceptors (Lipinski definition) is 3. The average molecular weight is 293 g/mol. The molecule has 1 fully saturated rings. The number of likely N-dealkylation sites (N-methyl/N-ethyl adjacent to an activating group) is 1. The molecule has 2 unspecified atom stereocenters. The predicted molar refractivity (Wildman–Crippen MR) is 83.5 cm³/mol. The summed E-state index contributed by atoms with van der Waals surface area (Å²) in [4.78, 5) is 14.2. The highest BCUT2D eigenvalue weighted by Crippen LogP contribution is 2.26. The molecule has 0 heterocycles. The fourth-order valence-electron chi connectivity index (χ4n) is 2.98. The molecule has 1 aliphatic carbocycles. The van der Waals surface area contributed by atoms with Crippen LogP contribution in [0.1, 0.15) is 32.6 Å². The third kappa shape index (κ3) is 4.43. The number of nitrogen functional groups attached to an aromatic ring is 1. The van der Waals surface area contributed by atoms with Gasteiger partial charge in [-0.1, -0.05) is 19.8 Å². The summed E-state index contributed by atoms with van der Waals surface area (Å²) < 4.78 is 13.1. The van der Waals surface area contributed by atoms with Crippen molar-refractivity contribution in [3.05, 3.63) is 24.0 Å². The van der Waals surface area contributed by atoms with Crippen LogP contribution in [0, 0.1) is 11.7 Å². The average Bonchev–Trinajstić information content (AvgIpc) is 2.43. The van der Waals surface area contributed by atoms with Gasteiger partial charge >= 0.3 is 0 Å². The molecule has 2 atom stereocenters. The minimum absolute atomic E-state index is 0.0438. The van der Waals surface area contributed by atoms with Gasteiger partial charge in [0.15, 0.2) is 0 Å². The number of rotatable bonds is 4. The molecule has 1 aromatic rings. The molecule has 0 spiro atoms. The van der Waals surface area contributed by atoms with E-state index in [1.165, 1.54) is 31.0 Å². The lowest BCUT2D eigenvalue weighted by atomic mass is 9.86. The lowest BCUT2D eigenvalue weighted by molar-refractivity contribution is -0.117. The van der Waals surface area contributed by atoms with Crippen molar-refractivity contribution in [2.75, 3.05) is 24.6 Å². The van der Waals surface area contributed by atoms with Gasteiger partial charge < -0.3 is 11.1 Å². The topological polar surface area (TPSA) is 58.4 Å². The second kappa shape index (κ2) is 6.89. The van der Waals surface area contributed by atoms with E-state index in [4.69, 9.17) is 5.73 Å². The maximum Gasteiger partial charge on any atom is 0.238 e. The Morgan fingerprint density at radius 1 is 1.48 bits per heavy atom. The smallest absolute Gasteiger partial charge is 0.238 e. The normalized spacial score (nSPS) is 22.3. The van der Waals surface area contributed by atoms with E-state index in [9.17, 15) is 9.18 Å². The minimum atomic E-state index is -0.471. The van der Waals surface area contributed by atoms with Crippen molar-refractivity contribution in [1.82, 2.24) is 4.90 Å². The number of carbonyl (C=O) groups is 1. The van der Waals surface area contributed by atoms with Crippen molar-refractivity contribution in [1.29, 1.82) is 0 Å². The summed E-state index contributed by atoms with van der Waals surface area (Å²) in [6, 6.07) is 4.69. The first-order chi connectivity index (χ1) is 9.95. The molecule has 0 aliphatic heterocycles. The second-order valence-corrected chi connectivity index (χ2v) is 6.13. The number of nitrogens with one attached hydrogen (secondary N) is 1. The Morgan fingerprint density at radius 3 is 2.90 bits per heavy atom. The van der Waals surface area contributed by atoms with Crippen LogP contribution in [0.5, 0.6) is 0 Å². The summed E-state index contributed by atoms with van der Waals surface area (Å²) in [5.74, 6) is 0.161. The SMILES string of the molecule is CC1CCCC(N(C)CC(=O)Nc2ccc(F)c(N)c2)C1. The summed E-state index contributed by atoms with van der Waals surface area (Å²) in [6.45, 7) is 2.61. The van der Waals surface area contributed by atoms with Gasteiger partial charge in [-0.2, -0.15) is 0 Å². The Kier molecular flexibility index (Phi) is 5.17. The van der Waals surface area contributed by atoms with E-state index < -0.39 is 5.82 Å². The van der Waals surface area contributed by atoms with Crippen molar-refractivity contribution in [2.24, 2.45) is 5.92 Å². The number of nitrogens with zero attached hydrogens (tertiary/aromatic N) is 1. The fraction of sp³-hybridized carbons (Fsp3) is 0.562. The van der Waals surface area contributed by atoms with Gasteiger partial charge in [0.05, 0.1) is 12.2 Å². The zero-order chi connectivity index (χ0) is 15.4. The van der Waals surface area contributed by atoms with E-state index in [2.05, 4.69) is 17.1 Å². The Labute approximate surface area is 125 Å². The molecular weight excluding hydrogens is 269 g/mol. The maximum absolute atomic E-state index is 13.1. The van der Waals surface area contributed by atoms with Gasteiger partial charge in [-0.05, 0) is 44.0 Å². The van der Waals surface area contributed by atoms with E-state index in [1.54, 1.807) is 0 Å². The molecule has 0 radical (unpaired) electrons. The first-order valence-corrected chi connectivity index (χ1v) is 7.51. The van der Waals surface area contributed by atoms with E-state index in [1.807, 2.05) is 7.05 Å². The Morgan fingerprint density at radius 2 is 2.24 bits per heavy atom. The van der Waals surface area contributed by atoms with Crippen LogP contribution in [0.15, 0.2) is 18.2 Å². The first-order valence-electron chi connectivity index (χ1n) is 7.51. The molecule has 1 aromatic carbocycles. The van der Waals surface area contributed by atoms with E-state index in [0.29, 0.717) is 18.3 Å². The van der Waals surface area contributed by atoms with Gasteiger partial charge in [-0.15, -0.1) is 0 Å². The predicted octanol–water partition coefficient (Wildman–Crippen LogP) is 2.86. The first kappa shape index (κ1) is 15.8. The molecular formula is C16H24FN3O. The van der Waals surface area contributed by atoms with Crippen LogP contribution in [0.2, 0.25) is 0 Å². The molecule has 0 saturated heterocycles. The molecule has 3 N–H and O–H groups in total. The van der Waals surface area contributed by atoms with Gasteiger partial charge in [-0.25, -0.2) is 4.39 Å². The highest BCUT2D eigenvalue weighted by atomic mass is 19.1. The monoisotopic (exact) mass is 293 g/mol. The van der Waals surface area contributed by atoms with Crippen LogP contribution in [0.3, 0.4) is 0 Å². The number of benzene rings is 1.